The molecule has 108 valence electrons. The lowest BCUT2D eigenvalue weighted by molar-refractivity contribution is 0.0687. The molecule has 2 aliphatic rings. The van der Waals surface area contributed by atoms with E-state index in [0.717, 1.165) is 39.1 Å². The second-order valence-corrected chi connectivity index (χ2v) is 5.72. The van der Waals surface area contributed by atoms with E-state index in [2.05, 4.69) is 4.90 Å². The number of rotatable bonds is 6. The SMILES string of the molecule is C.COCC1(CN2CCC(C(F)CF)CC2)CC1. The van der Waals surface area contributed by atoms with Gasteiger partial charge in [-0.15, -0.1) is 0 Å². The predicted octanol–water partition coefficient (Wildman–Crippen LogP) is 3.07. The maximum atomic E-state index is 13.2. The van der Waals surface area contributed by atoms with E-state index in [1.165, 1.54) is 12.8 Å². The van der Waals surface area contributed by atoms with Gasteiger partial charge in [0.25, 0.3) is 0 Å². The minimum atomic E-state index is -1.24. The molecule has 0 aromatic carbocycles. The normalized spacial score (nSPS) is 25.5. The number of methoxy groups -OCH3 is 1. The van der Waals surface area contributed by atoms with Crippen molar-refractivity contribution in [3.05, 3.63) is 0 Å². The number of hydrogen-bond acceptors (Lipinski definition) is 2. The zero-order valence-corrected chi connectivity index (χ0v) is 10.6. The van der Waals surface area contributed by atoms with E-state index in [9.17, 15) is 8.78 Å². The zero-order valence-electron chi connectivity index (χ0n) is 10.6. The molecule has 4 heteroatoms. The summed E-state index contributed by atoms with van der Waals surface area (Å²) in [5.74, 6) is -0.0613. The van der Waals surface area contributed by atoms with Gasteiger partial charge in [0.2, 0.25) is 0 Å². The minimum absolute atomic E-state index is 0. The van der Waals surface area contributed by atoms with E-state index in [1.807, 2.05) is 0 Å². The molecular weight excluding hydrogens is 236 g/mol. The molecule has 2 rings (SSSR count). The summed E-state index contributed by atoms with van der Waals surface area (Å²) in [6.07, 6.45) is 2.85. The summed E-state index contributed by atoms with van der Waals surface area (Å²) < 4.78 is 30.7. The third-order valence-corrected chi connectivity index (χ3v) is 4.26. The number of alkyl halides is 2. The van der Waals surface area contributed by atoms with Gasteiger partial charge in [-0.1, -0.05) is 7.43 Å². The summed E-state index contributed by atoms with van der Waals surface area (Å²) in [4.78, 5) is 2.40. The Balaban J connectivity index is 0.00000162. The summed E-state index contributed by atoms with van der Waals surface area (Å²) >= 11 is 0. The van der Waals surface area contributed by atoms with Gasteiger partial charge in [0.1, 0.15) is 12.8 Å². The van der Waals surface area contributed by atoms with E-state index in [0.29, 0.717) is 5.41 Å². The van der Waals surface area contributed by atoms with Crippen LogP contribution in [0.4, 0.5) is 8.78 Å². The molecule has 1 aliphatic heterocycles. The number of likely N-dealkylation sites (tertiary alicyclic amines) is 1. The fraction of sp³-hybridized carbons (Fsp3) is 1.00. The average Bonchev–Trinajstić information content (AvgIpc) is 3.09. The lowest BCUT2D eigenvalue weighted by Gasteiger charge is -2.35. The Morgan fingerprint density at radius 3 is 2.39 bits per heavy atom. The highest BCUT2D eigenvalue weighted by molar-refractivity contribution is 4.96. The van der Waals surface area contributed by atoms with Crippen molar-refractivity contribution < 1.29 is 13.5 Å². The number of piperidine rings is 1. The highest BCUT2D eigenvalue weighted by atomic mass is 19.2. The smallest absolute Gasteiger partial charge is 0.131 e. The molecule has 1 saturated heterocycles. The zero-order chi connectivity index (χ0) is 12.3. The van der Waals surface area contributed by atoms with Crippen LogP contribution in [0.3, 0.4) is 0 Å². The van der Waals surface area contributed by atoms with Crippen molar-refractivity contribution >= 4 is 0 Å². The number of ether oxygens (including phenoxy) is 1. The molecule has 0 amide bonds. The van der Waals surface area contributed by atoms with Gasteiger partial charge >= 0.3 is 0 Å². The van der Waals surface area contributed by atoms with Gasteiger partial charge in [-0.25, -0.2) is 8.78 Å². The van der Waals surface area contributed by atoms with Crippen molar-refractivity contribution in [2.24, 2.45) is 11.3 Å². The summed E-state index contributed by atoms with van der Waals surface area (Å²) in [7, 11) is 1.75. The molecule has 1 unspecified atom stereocenters. The van der Waals surface area contributed by atoms with Crippen LogP contribution in [-0.4, -0.2) is 51.1 Å². The number of halogens is 2. The van der Waals surface area contributed by atoms with Gasteiger partial charge < -0.3 is 9.64 Å². The van der Waals surface area contributed by atoms with E-state index in [-0.39, 0.29) is 13.3 Å². The first kappa shape index (κ1) is 15.8. The summed E-state index contributed by atoms with van der Waals surface area (Å²) in [6, 6.07) is 0. The van der Waals surface area contributed by atoms with Crippen molar-refractivity contribution in [1.82, 2.24) is 4.90 Å². The van der Waals surface area contributed by atoms with Crippen LogP contribution in [-0.2, 0) is 4.74 Å². The molecular formula is C14H27F2NO. The van der Waals surface area contributed by atoms with Gasteiger partial charge in [0, 0.05) is 19.1 Å². The molecule has 2 fully saturated rings. The first-order valence-corrected chi connectivity index (χ1v) is 6.60. The Morgan fingerprint density at radius 1 is 1.33 bits per heavy atom. The van der Waals surface area contributed by atoms with Crippen LogP contribution in [0.1, 0.15) is 33.1 Å². The Hall–Kier alpha value is -0.220. The quantitative estimate of drug-likeness (QED) is 0.730. The largest absolute Gasteiger partial charge is 0.384 e. The van der Waals surface area contributed by atoms with E-state index >= 15 is 0 Å². The second kappa shape index (κ2) is 6.80. The number of hydrogen-bond donors (Lipinski definition) is 0. The average molecular weight is 263 g/mol. The van der Waals surface area contributed by atoms with Crippen LogP contribution >= 0.6 is 0 Å². The summed E-state index contributed by atoms with van der Waals surface area (Å²) in [5.41, 5.74) is 0.372. The molecule has 0 aromatic rings. The van der Waals surface area contributed by atoms with E-state index < -0.39 is 12.8 Å². The third kappa shape index (κ3) is 3.89. The van der Waals surface area contributed by atoms with Crippen LogP contribution in [0.25, 0.3) is 0 Å². The summed E-state index contributed by atoms with van der Waals surface area (Å²) in [5, 5.41) is 0. The molecule has 0 N–H and O–H groups in total. The first-order valence-electron chi connectivity index (χ1n) is 6.60. The molecule has 0 radical (unpaired) electrons. The minimum Gasteiger partial charge on any atom is -0.384 e. The molecule has 18 heavy (non-hydrogen) atoms. The molecule has 0 spiro atoms. The Bertz CT molecular complexity index is 238. The molecule has 0 bridgehead atoms. The summed E-state index contributed by atoms with van der Waals surface area (Å²) in [6.45, 7) is 2.91. The monoisotopic (exact) mass is 263 g/mol. The van der Waals surface area contributed by atoms with Crippen LogP contribution in [0.15, 0.2) is 0 Å². The fourth-order valence-electron chi connectivity index (χ4n) is 2.90. The molecule has 1 saturated carbocycles. The lowest BCUT2D eigenvalue weighted by Crippen LogP contribution is -2.41. The predicted molar refractivity (Wildman–Crippen MR) is 70.3 cm³/mol. The highest BCUT2D eigenvalue weighted by Crippen LogP contribution is 2.46. The Morgan fingerprint density at radius 2 is 1.94 bits per heavy atom. The maximum absolute atomic E-state index is 13.2. The molecule has 0 aromatic heterocycles. The number of nitrogens with zero attached hydrogens (tertiary/aromatic N) is 1. The molecule has 1 aliphatic carbocycles. The third-order valence-electron chi connectivity index (χ3n) is 4.26. The second-order valence-electron chi connectivity index (χ2n) is 5.72. The lowest BCUT2D eigenvalue weighted by atomic mass is 9.92. The molecule has 2 nitrogen and oxygen atoms in total. The van der Waals surface area contributed by atoms with E-state index in [4.69, 9.17) is 4.74 Å². The van der Waals surface area contributed by atoms with Crippen LogP contribution in [0.2, 0.25) is 0 Å². The van der Waals surface area contributed by atoms with Gasteiger partial charge in [-0.3, -0.25) is 0 Å². The fourth-order valence-corrected chi connectivity index (χ4v) is 2.90. The first-order chi connectivity index (χ1) is 8.19. The van der Waals surface area contributed by atoms with Crippen LogP contribution in [0.5, 0.6) is 0 Å². The van der Waals surface area contributed by atoms with Crippen molar-refractivity contribution in [3.8, 4) is 0 Å². The maximum Gasteiger partial charge on any atom is 0.131 e. The topological polar surface area (TPSA) is 12.5 Å². The van der Waals surface area contributed by atoms with Crippen molar-refractivity contribution in [1.29, 1.82) is 0 Å². The van der Waals surface area contributed by atoms with Gasteiger partial charge in [0.15, 0.2) is 0 Å². The Kier molecular flexibility index (Phi) is 5.99. The van der Waals surface area contributed by atoms with Crippen molar-refractivity contribution in [2.45, 2.75) is 39.3 Å². The van der Waals surface area contributed by atoms with Crippen LogP contribution < -0.4 is 0 Å². The van der Waals surface area contributed by atoms with Gasteiger partial charge in [-0.2, -0.15) is 0 Å². The van der Waals surface area contributed by atoms with Gasteiger partial charge in [-0.05, 0) is 44.7 Å². The highest BCUT2D eigenvalue weighted by Gasteiger charge is 2.44. The molecule has 1 heterocycles. The van der Waals surface area contributed by atoms with E-state index in [1.54, 1.807) is 7.11 Å². The Labute approximate surface area is 110 Å². The van der Waals surface area contributed by atoms with Crippen LogP contribution in [0, 0.1) is 11.3 Å². The van der Waals surface area contributed by atoms with Crippen molar-refractivity contribution in [3.63, 3.8) is 0 Å². The standard InChI is InChI=1S/C13H23F2NO.CH4/c1-17-10-13(4-5-13)9-16-6-2-11(3-7-16)12(15)8-14;/h11-12H,2-10H2,1H3;1H4. The van der Waals surface area contributed by atoms with Crippen molar-refractivity contribution in [2.75, 3.05) is 40.0 Å². The molecule has 1 atom stereocenters. The van der Waals surface area contributed by atoms with Gasteiger partial charge in [0.05, 0.1) is 6.61 Å².